The van der Waals surface area contributed by atoms with Gasteiger partial charge in [0.15, 0.2) is 4.84 Å². The molecule has 1 amide bonds. The number of hydrogen-bond acceptors (Lipinski definition) is 4. The van der Waals surface area contributed by atoms with E-state index in [4.69, 9.17) is 34.8 Å². The predicted octanol–water partition coefficient (Wildman–Crippen LogP) is 5.14. The van der Waals surface area contributed by atoms with Crippen LogP contribution in [0.2, 0.25) is 5.02 Å². The van der Waals surface area contributed by atoms with E-state index in [1.807, 2.05) is 0 Å². The third kappa shape index (κ3) is 4.75. The van der Waals surface area contributed by atoms with E-state index in [-0.39, 0.29) is 10.7 Å². The van der Waals surface area contributed by atoms with Gasteiger partial charge in [0.25, 0.3) is 11.6 Å². The van der Waals surface area contributed by atoms with Crippen molar-refractivity contribution in [1.29, 1.82) is 0 Å². The zero-order valence-electron chi connectivity index (χ0n) is 11.3. The second kappa shape index (κ2) is 7.88. The van der Waals surface area contributed by atoms with Crippen LogP contribution in [0.5, 0.6) is 0 Å². The smallest absolute Gasteiger partial charge is 0.284 e. The van der Waals surface area contributed by atoms with Crippen molar-refractivity contribution in [2.75, 3.05) is 5.32 Å². The lowest BCUT2D eigenvalue weighted by Gasteiger charge is -2.11. The highest BCUT2D eigenvalue weighted by atomic mass is 35.5. The summed E-state index contributed by atoms with van der Waals surface area (Å²) in [5.74, 6) is -0.577. The van der Waals surface area contributed by atoms with Gasteiger partial charge in [-0.05, 0) is 24.3 Å². The Morgan fingerprint density at radius 2 is 1.87 bits per heavy atom. The largest absolute Gasteiger partial charge is 0.323 e. The summed E-state index contributed by atoms with van der Waals surface area (Å²) in [6.45, 7) is 0. The number of para-hydroxylation sites is 1. The van der Waals surface area contributed by atoms with Crippen LogP contribution in [0.3, 0.4) is 0 Å². The SMILES string of the molecule is O=C(Nc1ccccc1Sc1ccc(Cl)cc1[N+](=O)[O-])C(Cl)Cl. The molecule has 0 atom stereocenters. The topological polar surface area (TPSA) is 72.2 Å². The van der Waals surface area contributed by atoms with Gasteiger partial charge in [-0.1, -0.05) is 58.7 Å². The number of nitrogens with zero attached hydrogens (tertiary/aromatic N) is 1. The van der Waals surface area contributed by atoms with Crippen LogP contribution < -0.4 is 5.32 Å². The van der Waals surface area contributed by atoms with E-state index in [9.17, 15) is 14.9 Å². The predicted molar refractivity (Wildman–Crippen MR) is 92.8 cm³/mol. The third-order valence-corrected chi connectivity index (χ3v) is 4.45. The highest BCUT2D eigenvalue weighted by molar-refractivity contribution is 7.99. The average Bonchev–Trinajstić information content (AvgIpc) is 2.50. The van der Waals surface area contributed by atoms with Crippen LogP contribution in [0.1, 0.15) is 0 Å². The molecular weight excluding hydrogens is 383 g/mol. The molecule has 0 bridgehead atoms. The number of halogens is 3. The number of carbonyl (C=O) groups is 1. The number of benzene rings is 2. The van der Waals surface area contributed by atoms with Gasteiger partial charge in [0, 0.05) is 16.0 Å². The van der Waals surface area contributed by atoms with E-state index in [1.54, 1.807) is 36.4 Å². The van der Waals surface area contributed by atoms with Gasteiger partial charge in [-0.25, -0.2) is 0 Å². The van der Waals surface area contributed by atoms with Crippen LogP contribution in [0.4, 0.5) is 11.4 Å². The lowest BCUT2D eigenvalue weighted by molar-refractivity contribution is -0.387. The molecule has 23 heavy (non-hydrogen) atoms. The first-order valence-electron chi connectivity index (χ1n) is 6.18. The number of amides is 1. The minimum absolute atomic E-state index is 0.115. The number of alkyl halides is 2. The van der Waals surface area contributed by atoms with Crippen molar-refractivity contribution in [3.8, 4) is 0 Å². The monoisotopic (exact) mass is 390 g/mol. The fourth-order valence-corrected chi connectivity index (χ4v) is 2.95. The fraction of sp³-hybridized carbons (Fsp3) is 0.0714. The molecule has 9 heteroatoms. The van der Waals surface area contributed by atoms with Gasteiger partial charge in [-0.2, -0.15) is 0 Å². The first kappa shape index (κ1) is 17.9. The quantitative estimate of drug-likeness (QED) is 0.435. The van der Waals surface area contributed by atoms with Crippen molar-refractivity contribution in [3.05, 3.63) is 57.6 Å². The van der Waals surface area contributed by atoms with Crippen LogP contribution in [-0.4, -0.2) is 15.7 Å². The minimum atomic E-state index is -1.21. The molecule has 0 saturated carbocycles. The van der Waals surface area contributed by atoms with E-state index in [0.717, 1.165) is 11.8 Å². The molecule has 2 rings (SSSR count). The summed E-state index contributed by atoms with van der Waals surface area (Å²) < 4.78 is 0. The van der Waals surface area contributed by atoms with Crippen LogP contribution in [0.25, 0.3) is 0 Å². The summed E-state index contributed by atoms with van der Waals surface area (Å²) in [5, 5.41) is 14.0. The Labute approximate surface area is 151 Å². The standard InChI is InChI=1S/C14H9Cl3N2O3S/c15-8-5-6-12(10(7-8)19(21)22)23-11-4-2-1-3-9(11)18-14(20)13(16)17/h1-7,13H,(H,18,20). The molecular formula is C14H9Cl3N2O3S. The van der Waals surface area contributed by atoms with Crippen molar-refractivity contribution < 1.29 is 9.72 Å². The van der Waals surface area contributed by atoms with Crippen LogP contribution >= 0.6 is 46.6 Å². The van der Waals surface area contributed by atoms with E-state index >= 15 is 0 Å². The second-order valence-corrected chi connectivity index (χ2v) is 6.87. The molecule has 2 aromatic carbocycles. The minimum Gasteiger partial charge on any atom is -0.323 e. The van der Waals surface area contributed by atoms with E-state index in [1.165, 1.54) is 6.07 Å². The van der Waals surface area contributed by atoms with Gasteiger partial charge >= 0.3 is 0 Å². The summed E-state index contributed by atoms with van der Waals surface area (Å²) in [7, 11) is 0. The number of nitrogens with one attached hydrogen (secondary N) is 1. The Balaban J connectivity index is 2.34. The summed E-state index contributed by atoms with van der Waals surface area (Å²) in [4.78, 5) is 22.1. The number of nitro benzene ring substituents is 1. The Kier molecular flexibility index (Phi) is 6.12. The highest BCUT2D eigenvalue weighted by Gasteiger charge is 2.18. The molecule has 0 aliphatic carbocycles. The molecule has 2 aromatic rings. The van der Waals surface area contributed by atoms with Crippen molar-refractivity contribution in [2.45, 2.75) is 14.6 Å². The van der Waals surface area contributed by atoms with Crippen LogP contribution in [0, 0.1) is 10.1 Å². The number of hydrogen-bond donors (Lipinski definition) is 1. The number of nitro groups is 1. The molecule has 0 spiro atoms. The summed E-state index contributed by atoms with van der Waals surface area (Å²) in [5.41, 5.74) is 0.342. The molecule has 5 nitrogen and oxygen atoms in total. The highest BCUT2D eigenvalue weighted by Crippen LogP contribution is 2.39. The lowest BCUT2D eigenvalue weighted by Crippen LogP contribution is -2.18. The zero-order chi connectivity index (χ0) is 17.0. The maximum absolute atomic E-state index is 11.6. The molecule has 120 valence electrons. The van der Waals surface area contributed by atoms with Gasteiger partial charge < -0.3 is 5.32 Å². The van der Waals surface area contributed by atoms with E-state index < -0.39 is 15.7 Å². The summed E-state index contributed by atoms with van der Waals surface area (Å²) in [6, 6.07) is 11.2. The Bertz CT molecular complexity index is 756. The molecule has 0 heterocycles. The van der Waals surface area contributed by atoms with Crippen molar-refractivity contribution in [2.24, 2.45) is 0 Å². The van der Waals surface area contributed by atoms with E-state index in [2.05, 4.69) is 5.32 Å². The van der Waals surface area contributed by atoms with Crippen LogP contribution in [-0.2, 0) is 4.79 Å². The summed E-state index contributed by atoms with van der Waals surface area (Å²) in [6.07, 6.45) is 0. The van der Waals surface area contributed by atoms with Crippen molar-refractivity contribution in [3.63, 3.8) is 0 Å². The summed E-state index contributed by atoms with van der Waals surface area (Å²) >= 11 is 18.0. The Morgan fingerprint density at radius 1 is 1.17 bits per heavy atom. The first-order valence-corrected chi connectivity index (χ1v) is 8.25. The lowest BCUT2D eigenvalue weighted by atomic mass is 10.3. The number of rotatable bonds is 5. The third-order valence-electron chi connectivity index (χ3n) is 2.68. The normalized spacial score (nSPS) is 10.6. The van der Waals surface area contributed by atoms with Gasteiger partial charge in [0.05, 0.1) is 15.5 Å². The Morgan fingerprint density at radius 3 is 2.52 bits per heavy atom. The van der Waals surface area contributed by atoms with Gasteiger partial charge in [-0.15, -0.1) is 0 Å². The molecule has 0 saturated heterocycles. The molecule has 0 unspecified atom stereocenters. The van der Waals surface area contributed by atoms with Gasteiger partial charge in [0.2, 0.25) is 0 Å². The van der Waals surface area contributed by atoms with Crippen LogP contribution in [0.15, 0.2) is 52.3 Å². The molecule has 0 aliphatic rings. The van der Waals surface area contributed by atoms with E-state index in [0.29, 0.717) is 15.5 Å². The maximum Gasteiger partial charge on any atom is 0.284 e. The fourth-order valence-electron chi connectivity index (χ4n) is 1.68. The molecule has 0 radical (unpaired) electrons. The molecule has 0 fully saturated rings. The molecule has 0 aliphatic heterocycles. The maximum atomic E-state index is 11.6. The number of anilines is 1. The zero-order valence-corrected chi connectivity index (χ0v) is 14.4. The molecule has 0 aromatic heterocycles. The average molecular weight is 392 g/mol. The van der Waals surface area contributed by atoms with Gasteiger partial charge in [0.1, 0.15) is 0 Å². The van der Waals surface area contributed by atoms with Crippen molar-refractivity contribution >= 4 is 63.8 Å². The second-order valence-electron chi connectivity index (χ2n) is 4.26. The molecule has 1 N–H and O–H groups in total. The Hall–Kier alpha value is -1.47. The van der Waals surface area contributed by atoms with Crippen molar-refractivity contribution in [1.82, 2.24) is 0 Å². The van der Waals surface area contributed by atoms with Gasteiger partial charge in [-0.3, -0.25) is 14.9 Å². The first-order chi connectivity index (χ1) is 10.9. The number of carbonyl (C=O) groups excluding carboxylic acids is 1.